The van der Waals surface area contributed by atoms with Gasteiger partial charge in [0.15, 0.2) is 0 Å². The Morgan fingerprint density at radius 2 is 1.88 bits per heavy atom. The SMILES string of the molecule is C=CCCC(=O)CC(=O)OC(C)CCC=C. The third-order valence-electron chi connectivity index (χ3n) is 2.08. The topological polar surface area (TPSA) is 43.4 Å². The molecule has 0 spiro atoms. The Bertz CT molecular complexity index is 256. The van der Waals surface area contributed by atoms with E-state index in [0.29, 0.717) is 12.8 Å². The summed E-state index contributed by atoms with van der Waals surface area (Å²) in [5.41, 5.74) is 0. The predicted molar refractivity (Wildman–Crippen MR) is 64.0 cm³/mol. The molecule has 0 heterocycles. The van der Waals surface area contributed by atoms with Crippen LogP contribution in [0.15, 0.2) is 25.3 Å². The maximum Gasteiger partial charge on any atom is 0.313 e. The summed E-state index contributed by atoms with van der Waals surface area (Å²) in [5, 5.41) is 0. The van der Waals surface area contributed by atoms with E-state index < -0.39 is 5.97 Å². The number of carbonyl (C=O) groups excluding carboxylic acids is 2. The first-order valence-corrected chi connectivity index (χ1v) is 5.53. The fourth-order valence-corrected chi connectivity index (χ4v) is 1.19. The smallest absolute Gasteiger partial charge is 0.313 e. The van der Waals surface area contributed by atoms with Crippen LogP contribution in [0.25, 0.3) is 0 Å². The van der Waals surface area contributed by atoms with E-state index in [2.05, 4.69) is 13.2 Å². The molecule has 16 heavy (non-hydrogen) atoms. The molecule has 3 nitrogen and oxygen atoms in total. The quantitative estimate of drug-likeness (QED) is 0.343. The molecule has 1 atom stereocenters. The molecule has 0 bridgehead atoms. The number of rotatable bonds is 9. The van der Waals surface area contributed by atoms with Crippen LogP contribution in [0.2, 0.25) is 0 Å². The summed E-state index contributed by atoms with van der Waals surface area (Å²) in [6, 6.07) is 0. The highest BCUT2D eigenvalue weighted by Crippen LogP contribution is 2.05. The standard InChI is InChI=1S/C13H20O3/c1-4-6-8-11(3)16-13(15)10-12(14)9-7-5-2/h4-5,11H,1-2,6-10H2,3H3. The average Bonchev–Trinajstić information content (AvgIpc) is 2.23. The van der Waals surface area contributed by atoms with Crippen molar-refractivity contribution >= 4 is 11.8 Å². The van der Waals surface area contributed by atoms with Crippen molar-refractivity contribution in [3.8, 4) is 0 Å². The van der Waals surface area contributed by atoms with Gasteiger partial charge in [-0.25, -0.2) is 0 Å². The largest absolute Gasteiger partial charge is 0.462 e. The Morgan fingerprint density at radius 1 is 1.25 bits per heavy atom. The van der Waals surface area contributed by atoms with Crippen molar-refractivity contribution in [2.24, 2.45) is 0 Å². The summed E-state index contributed by atoms with van der Waals surface area (Å²) in [6.07, 6.45) is 5.67. The van der Waals surface area contributed by atoms with Crippen LogP contribution < -0.4 is 0 Å². The zero-order valence-electron chi connectivity index (χ0n) is 9.91. The number of esters is 1. The lowest BCUT2D eigenvalue weighted by Crippen LogP contribution is -2.17. The highest BCUT2D eigenvalue weighted by molar-refractivity contribution is 5.95. The molecular formula is C13H20O3. The maximum atomic E-state index is 11.3. The Labute approximate surface area is 97.2 Å². The van der Waals surface area contributed by atoms with Crippen LogP contribution in [0.1, 0.15) is 39.0 Å². The Balaban J connectivity index is 3.75. The molecule has 0 aromatic carbocycles. The summed E-state index contributed by atoms with van der Waals surface area (Å²) in [4.78, 5) is 22.5. The van der Waals surface area contributed by atoms with Gasteiger partial charge in [0.25, 0.3) is 0 Å². The number of hydrogen-bond acceptors (Lipinski definition) is 3. The Hall–Kier alpha value is -1.38. The van der Waals surface area contributed by atoms with Crippen LogP contribution in [0.5, 0.6) is 0 Å². The number of Topliss-reactive ketones (excluding diaryl/α,β-unsaturated/α-hetero) is 1. The van der Waals surface area contributed by atoms with Crippen LogP contribution in [-0.4, -0.2) is 17.9 Å². The van der Waals surface area contributed by atoms with Crippen molar-refractivity contribution in [2.45, 2.75) is 45.1 Å². The van der Waals surface area contributed by atoms with E-state index in [0.717, 1.165) is 12.8 Å². The van der Waals surface area contributed by atoms with Crippen LogP contribution >= 0.6 is 0 Å². The van der Waals surface area contributed by atoms with Crippen LogP contribution in [0.4, 0.5) is 0 Å². The minimum atomic E-state index is -0.439. The summed E-state index contributed by atoms with van der Waals surface area (Å²) in [7, 11) is 0. The molecule has 0 amide bonds. The second-order valence-electron chi connectivity index (χ2n) is 3.71. The summed E-state index contributed by atoms with van der Waals surface area (Å²) in [6.45, 7) is 8.92. The molecule has 0 fully saturated rings. The van der Waals surface area contributed by atoms with E-state index in [9.17, 15) is 9.59 Å². The fraction of sp³-hybridized carbons (Fsp3) is 0.538. The number of ketones is 1. The van der Waals surface area contributed by atoms with Gasteiger partial charge in [0, 0.05) is 6.42 Å². The third kappa shape index (κ3) is 7.97. The zero-order valence-corrected chi connectivity index (χ0v) is 9.91. The molecule has 0 N–H and O–H groups in total. The van der Waals surface area contributed by atoms with Crippen LogP contribution in [-0.2, 0) is 14.3 Å². The summed E-state index contributed by atoms with van der Waals surface area (Å²) >= 11 is 0. The van der Waals surface area contributed by atoms with E-state index in [1.807, 2.05) is 6.92 Å². The molecular weight excluding hydrogens is 204 g/mol. The van der Waals surface area contributed by atoms with Crippen molar-refractivity contribution in [3.05, 3.63) is 25.3 Å². The monoisotopic (exact) mass is 224 g/mol. The van der Waals surface area contributed by atoms with E-state index in [1.54, 1.807) is 12.2 Å². The molecule has 0 radical (unpaired) electrons. The molecule has 0 saturated heterocycles. The second-order valence-corrected chi connectivity index (χ2v) is 3.71. The van der Waals surface area contributed by atoms with Crippen LogP contribution in [0.3, 0.4) is 0 Å². The van der Waals surface area contributed by atoms with Gasteiger partial charge in [-0.1, -0.05) is 12.2 Å². The van der Waals surface area contributed by atoms with E-state index in [-0.39, 0.29) is 18.3 Å². The van der Waals surface area contributed by atoms with Gasteiger partial charge in [-0.2, -0.15) is 0 Å². The maximum absolute atomic E-state index is 11.3. The predicted octanol–water partition coefficient (Wildman–Crippen LogP) is 2.81. The van der Waals surface area contributed by atoms with Crippen molar-refractivity contribution < 1.29 is 14.3 Å². The molecule has 0 aromatic rings. The Kier molecular flexibility index (Phi) is 8.12. The molecule has 0 aliphatic carbocycles. The summed E-state index contributed by atoms with van der Waals surface area (Å²) < 4.78 is 5.07. The van der Waals surface area contributed by atoms with E-state index >= 15 is 0 Å². The number of carbonyl (C=O) groups is 2. The van der Waals surface area contributed by atoms with Crippen LogP contribution in [0, 0.1) is 0 Å². The van der Waals surface area contributed by atoms with Crippen molar-refractivity contribution in [3.63, 3.8) is 0 Å². The minimum Gasteiger partial charge on any atom is -0.462 e. The number of ether oxygens (including phenoxy) is 1. The Morgan fingerprint density at radius 3 is 2.44 bits per heavy atom. The van der Waals surface area contributed by atoms with Crippen molar-refractivity contribution in [2.75, 3.05) is 0 Å². The normalized spacial score (nSPS) is 11.6. The minimum absolute atomic E-state index is 0.0965. The molecule has 1 unspecified atom stereocenters. The summed E-state index contributed by atoms with van der Waals surface area (Å²) in [5.74, 6) is -0.536. The van der Waals surface area contributed by atoms with Gasteiger partial charge < -0.3 is 4.74 Å². The molecule has 0 saturated carbocycles. The molecule has 90 valence electrons. The first-order valence-electron chi connectivity index (χ1n) is 5.53. The highest BCUT2D eigenvalue weighted by Gasteiger charge is 2.12. The molecule has 0 aromatic heterocycles. The van der Waals surface area contributed by atoms with Gasteiger partial charge in [-0.15, -0.1) is 13.2 Å². The second kappa shape index (κ2) is 8.89. The van der Waals surface area contributed by atoms with Gasteiger partial charge in [0.1, 0.15) is 12.2 Å². The molecule has 0 rings (SSSR count). The lowest BCUT2D eigenvalue weighted by Gasteiger charge is -2.11. The average molecular weight is 224 g/mol. The molecule has 0 aliphatic heterocycles. The number of hydrogen-bond donors (Lipinski definition) is 0. The van der Waals surface area contributed by atoms with Crippen molar-refractivity contribution in [1.29, 1.82) is 0 Å². The highest BCUT2D eigenvalue weighted by atomic mass is 16.5. The van der Waals surface area contributed by atoms with Gasteiger partial charge >= 0.3 is 5.97 Å². The first-order chi connectivity index (χ1) is 7.60. The van der Waals surface area contributed by atoms with Crippen molar-refractivity contribution in [1.82, 2.24) is 0 Å². The van der Waals surface area contributed by atoms with E-state index in [4.69, 9.17) is 4.74 Å². The zero-order chi connectivity index (χ0) is 12.4. The van der Waals surface area contributed by atoms with Gasteiger partial charge in [-0.05, 0) is 26.2 Å². The molecule has 3 heteroatoms. The van der Waals surface area contributed by atoms with E-state index in [1.165, 1.54) is 0 Å². The lowest BCUT2D eigenvalue weighted by molar-refractivity contribution is -0.150. The number of allylic oxidation sites excluding steroid dienone is 2. The first kappa shape index (κ1) is 14.6. The van der Waals surface area contributed by atoms with Gasteiger partial charge in [-0.3, -0.25) is 9.59 Å². The molecule has 0 aliphatic rings. The third-order valence-corrected chi connectivity index (χ3v) is 2.08. The fourth-order valence-electron chi connectivity index (χ4n) is 1.19. The lowest BCUT2D eigenvalue weighted by atomic mass is 10.1. The van der Waals surface area contributed by atoms with Gasteiger partial charge in [0.2, 0.25) is 0 Å². The van der Waals surface area contributed by atoms with Gasteiger partial charge in [0.05, 0.1) is 6.10 Å².